The molecule has 1 fully saturated rings. The van der Waals surface area contributed by atoms with E-state index >= 15 is 0 Å². The summed E-state index contributed by atoms with van der Waals surface area (Å²) in [6, 6.07) is 17.1. The van der Waals surface area contributed by atoms with Gasteiger partial charge in [-0.3, -0.25) is 14.6 Å². The Hall–Kier alpha value is -4.13. The number of aliphatic hydroxyl groups is 1. The van der Waals surface area contributed by atoms with Gasteiger partial charge >= 0.3 is 0 Å². The Balaban J connectivity index is 1.71. The summed E-state index contributed by atoms with van der Waals surface area (Å²) in [6.07, 6.45) is 6.50. The fourth-order valence-corrected chi connectivity index (χ4v) is 4.52. The Labute approximate surface area is 230 Å². The number of likely N-dealkylation sites (tertiary alicyclic amines) is 1. The molecule has 7 heteroatoms. The van der Waals surface area contributed by atoms with Crippen LogP contribution in [0.2, 0.25) is 0 Å². The van der Waals surface area contributed by atoms with Crippen LogP contribution in [0.15, 0.2) is 78.6 Å². The molecule has 4 rings (SSSR count). The number of pyridine rings is 1. The van der Waals surface area contributed by atoms with Gasteiger partial charge in [0.05, 0.1) is 24.8 Å². The second-order valence-electron chi connectivity index (χ2n) is 10.1. The Morgan fingerprint density at radius 2 is 1.79 bits per heavy atom. The van der Waals surface area contributed by atoms with Crippen molar-refractivity contribution >= 4 is 17.4 Å². The van der Waals surface area contributed by atoms with Crippen molar-refractivity contribution in [3.05, 3.63) is 95.3 Å². The second kappa shape index (κ2) is 13.1. The molecule has 1 unspecified atom stereocenters. The number of benzene rings is 2. The van der Waals surface area contributed by atoms with Crippen LogP contribution in [-0.4, -0.2) is 39.9 Å². The van der Waals surface area contributed by atoms with Gasteiger partial charge in [0.1, 0.15) is 17.3 Å². The van der Waals surface area contributed by atoms with Crippen LogP contribution in [0.4, 0.5) is 0 Å². The summed E-state index contributed by atoms with van der Waals surface area (Å²) >= 11 is 0. The fraction of sp³-hybridized carbons (Fsp3) is 0.344. The summed E-state index contributed by atoms with van der Waals surface area (Å²) < 4.78 is 11.7. The molecular weight excluding hydrogens is 492 g/mol. The number of carbonyl (C=O) groups excluding carboxylic acids is 2. The zero-order chi connectivity index (χ0) is 27.8. The van der Waals surface area contributed by atoms with Gasteiger partial charge in [-0.1, -0.05) is 51.8 Å². The lowest BCUT2D eigenvalue weighted by Gasteiger charge is -2.25. The van der Waals surface area contributed by atoms with Gasteiger partial charge in [0.2, 0.25) is 0 Å². The number of Topliss-reactive ketones (excluding diaryl/α,β-unsaturated/α-hetero) is 1. The molecule has 39 heavy (non-hydrogen) atoms. The first-order chi connectivity index (χ1) is 18.9. The van der Waals surface area contributed by atoms with Crippen molar-refractivity contribution < 1.29 is 24.2 Å². The lowest BCUT2D eigenvalue weighted by molar-refractivity contribution is -0.140. The Kier molecular flexibility index (Phi) is 9.36. The third-order valence-corrected chi connectivity index (χ3v) is 6.52. The number of ether oxygens (including phenoxy) is 2. The van der Waals surface area contributed by atoms with E-state index in [-0.39, 0.29) is 17.9 Å². The number of hydrogen-bond acceptors (Lipinski definition) is 6. The lowest BCUT2D eigenvalue weighted by Crippen LogP contribution is -2.29. The van der Waals surface area contributed by atoms with Crippen LogP contribution >= 0.6 is 0 Å². The summed E-state index contributed by atoms with van der Waals surface area (Å²) in [5, 5.41) is 11.4. The number of aliphatic hydroxyl groups excluding tert-OH is 1. The number of ketones is 1. The molecule has 1 saturated heterocycles. The molecule has 0 saturated carbocycles. The first-order valence-corrected chi connectivity index (χ1v) is 13.5. The van der Waals surface area contributed by atoms with Crippen LogP contribution in [0.25, 0.3) is 5.76 Å². The molecule has 1 atom stereocenters. The van der Waals surface area contributed by atoms with Crippen molar-refractivity contribution in [2.75, 3.05) is 13.2 Å². The summed E-state index contributed by atoms with van der Waals surface area (Å²) in [4.78, 5) is 32.4. The topological polar surface area (TPSA) is 89.0 Å². The van der Waals surface area contributed by atoms with E-state index in [1.165, 1.54) is 4.90 Å². The minimum Gasteiger partial charge on any atom is -0.507 e. The third kappa shape index (κ3) is 6.85. The molecule has 7 nitrogen and oxygen atoms in total. The molecule has 0 bridgehead atoms. The third-order valence-electron chi connectivity index (χ3n) is 6.52. The van der Waals surface area contributed by atoms with Gasteiger partial charge in [-0.15, -0.1) is 0 Å². The molecular formula is C32H36N2O5. The normalized spacial score (nSPS) is 16.6. The molecule has 0 aliphatic carbocycles. The van der Waals surface area contributed by atoms with E-state index in [2.05, 4.69) is 25.8 Å². The number of amides is 1. The van der Waals surface area contributed by atoms with Crippen molar-refractivity contribution in [2.24, 2.45) is 5.92 Å². The van der Waals surface area contributed by atoms with Crippen LogP contribution in [0, 0.1) is 5.92 Å². The highest BCUT2D eigenvalue weighted by atomic mass is 16.5. The van der Waals surface area contributed by atoms with Crippen molar-refractivity contribution in [1.82, 2.24) is 9.88 Å². The fourth-order valence-electron chi connectivity index (χ4n) is 4.52. The zero-order valence-electron chi connectivity index (χ0n) is 22.8. The minimum absolute atomic E-state index is 0.0431. The number of hydrogen-bond donors (Lipinski definition) is 1. The molecule has 2 aromatic carbocycles. The first kappa shape index (κ1) is 27.9. The first-order valence-electron chi connectivity index (χ1n) is 13.5. The number of carbonyl (C=O) groups is 2. The largest absolute Gasteiger partial charge is 0.507 e. The quantitative estimate of drug-likeness (QED) is 0.128. The minimum atomic E-state index is -0.794. The SMILES string of the molecule is CCCCCOc1ccc(/C(O)=C2/C(=O)C(=O)N(Cc3cccnc3)C2c2cccc(OCC(C)C)c2)cc1. The molecule has 1 amide bonds. The van der Waals surface area contributed by atoms with Crippen LogP contribution in [0.1, 0.15) is 62.8 Å². The molecule has 0 radical (unpaired) electrons. The summed E-state index contributed by atoms with van der Waals surface area (Å²) in [5.41, 5.74) is 1.94. The molecule has 1 aliphatic rings. The van der Waals surface area contributed by atoms with E-state index < -0.39 is 17.7 Å². The summed E-state index contributed by atoms with van der Waals surface area (Å²) in [6.45, 7) is 7.59. The predicted molar refractivity (Wildman–Crippen MR) is 150 cm³/mol. The average Bonchev–Trinajstić information content (AvgIpc) is 3.20. The smallest absolute Gasteiger partial charge is 0.295 e. The van der Waals surface area contributed by atoms with Crippen LogP contribution < -0.4 is 9.47 Å². The number of unbranched alkanes of at least 4 members (excludes halogenated alkanes) is 2. The number of aromatic nitrogens is 1. The molecule has 1 aliphatic heterocycles. The van der Waals surface area contributed by atoms with E-state index in [1.54, 1.807) is 42.7 Å². The van der Waals surface area contributed by atoms with Crippen LogP contribution in [0.3, 0.4) is 0 Å². The Morgan fingerprint density at radius 3 is 2.49 bits per heavy atom. The van der Waals surface area contributed by atoms with Gasteiger partial charge in [0.25, 0.3) is 11.7 Å². The van der Waals surface area contributed by atoms with Gasteiger partial charge < -0.3 is 19.5 Å². The van der Waals surface area contributed by atoms with E-state index in [9.17, 15) is 14.7 Å². The highest BCUT2D eigenvalue weighted by molar-refractivity contribution is 6.46. The van der Waals surface area contributed by atoms with Crippen LogP contribution in [0.5, 0.6) is 11.5 Å². The monoisotopic (exact) mass is 528 g/mol. The van der Waals surface area contributed by atoms with Crippen molar-refractivity contribution in [1.29, 1.82) is 0 Å². The molecule has 1 aromatic heterocycles. The molecule has 1 N–H and O–H groups in total. The predicted octanol–water partition coefficient (Wildman–Crippen LogP) is 6.31. The summed E-state index contributed by atoms with van der Waals surface area (Å²) in [5.74, 6) is 0.0371. The molecule has 0 spiro atoms. The molecule has 2 heterocycles. The van der Waals surface area contributed by atoms with Crippen LogP contribution in [-0.2, 0) is 16.1 Å². The van der Waals surface area contributed by atoms with Crippen molar-refractivity contribution in [3.8, 4) is 11.5 Å². The van der Waals surface area contributed by atoms with E-state index in [0.29, 0.717) is 41.8 Å². The van der Waals surface area contributed by atoms with E-state index in [0.717, 1.165) is 24.8 Å². The highest BCUT2D eigenvalue weighted by Crippen LogP contribution is 2.41. The summed E-state index contributed by atoms with van der Waals surface area (Å²) in [7, 11) is 0. The molecule has 204 valence electrons. The maximum Gasteiger partial charge on any atom is 0.295 e. The zero-order valence-corrected chi connectivity index (χ0v) is 22.8. The van der Waals surface area contributed by atoms with E-state index in [4.69, 9.17) is 9.47 Å². The van der Waals surface area contributed by atoms with Crippen molar-refractivity contribution in [2.45, 2.75) is 52.6 Å². The maximum atomic E-state index is 13.4. The van der Waals surface area contributed by atoms with Gasteiger partial charge in [0, 0.05) is 24.5 Å². The van der Waals surface area contributed by atoms with Gasteiger partial charge in [0.15, 0.2) is 0 Å². The number of rotatable bonds is 12. The maximum absolute atomic E-state index is 13.4. The van der Waals surface area contributed by atoms with Crippen molar-refractivity contribution in [3.63, 3.8) is 0 Å². The Morgan fingerprint density at radius 1 is 1.00 bits per heavy atom. The average molecular weight is 529 g/mol. The highest BCUT2D eigenvalue weighted by Gasteiger charge is 2.46. The molecule has 3 aromatic rings. The van der Waals surface area contributed by atoms with Gasteiger partial charge in [-0.05, 0) is 65.9 Å². The number of nitrogens with zero attached hydrogens (tertiary/aromatic N) is 2. The van der Waals surface area contributed by atoms with Gasteiger partial charge in [-0.25, -0.2) is 0 Å². The van der Waals surface area contributed by atoms with Gasteiger partial charge in [-0.2, -0.15) is 0 Å². The van der Waals surface area contributed by atoms with E-state index in [1.807, 2.05) is 30.3 Å². The Bertz CT molecular complexity index is 1300. The lowest BCUT2D eigenvalue weighted by atomic mass is 9.95. The standard InChI is InChI=1S/C32H36N2O5/c1-4-5-6-17-38-26-14-12-24(13-15-26)30(35)28-29(25-10-7-11-27(18-25)39-21-22(2)3)34(32(37)31(28)36)20-23-9-8-16-33-19-23/h7-16,18-19,22,29,35H,4-6,17,20-21H2,1-3H3/b30-28-. The second-order valence-corrected chi connectivity index (χ2v) is 10.1.